The first kappa shape index (κ1) is 15.5. The van der Waals surface area contributed by atoms with Gasteiger partial charge in [-0.25, -0.2) is 17.6 Å². The summed E-state index contributed by atoms with van der Waals surface area (Å²) in [4.78, 5) is 0. The van der Waals surface area contributed by atoms with Crippen molar-refractivity contribution in [2.24, 2.45) is 0 Å². The lowest BCUT2D eigenvalue weighted by Crippen LogP contribution is -2.24. The monoisotopic (exact) mass is 297 g/mol. The van der Waals surface area contributed by atoms with Gasteiger partial charge in [-0.3, -0.25) is 0 Å². The van der Waals surface area contributed by atoms with E-state index in [2.05, 4.69) is 5.32 Å². The van der Waals surface area contributed by atoms with Crippen molar-refractivity contribution in [3.63, 3.8) is 0 Å². The lowest BCUT2D eigenvalue weighted by Gasteiger charge is -2.21. The molecule has 2 aromatic rings. The molecule has 0 aromatic heterocycles. The van der Waals surface area contributed by atoms with Gasteiger partial charge in [0, 0.05) is 23.3 Å². The van der Waals surface area contributed by atoms with Crippen molar-refractivity contribution in [3.05, 3.63) is 70.3 Å². The van der Waals surface area contributed by atoms with E-state index < -0.39 is 29.3 Å². The zero-order valence-corrected chi connectivity index (χ0v) is 11.7. The first-order valence-corrected chi connectivity index (χ1v) is 6.58. The first-order valence-electron chi connectivity index (χ1n) is 6.58. The molecular formula is C16H15F4N. The van der Waals surface area contributed by atoms with E-state index in [1.807, 2.05) is 0 Å². The Hall–Kier alpha value is -1.88. The number of hydrogen-bond donors (Lipinski definition) is 1. The molecule has 0 aliphatic rings. The molecule has 0 amide bonds. The van der Waals surface area contributed by atoms with Crippen LogP contribution >= 0.6 is 0 Å². The Balaban J connectivity index is 2.55. The number of benzene rings is 2. The minimum Gasteiger partial charge on any atom is -0.306 e. The van der Waals surface area contributed by atoms with E-state index in [0.717, 1.165) is 18.2 Å². The third kappa shape index (κ3) is 3.24. The molecule has 1 nitrogen and oxygen atoms in total. The molecule has 0 aliphatic heterocycles. The minimum absolute atomic E-state index is 0.114. The molecule has 1 atom stereocenters. The van der Waals surface area contributed by atoms with Crippen LogP contribution in [0.5, 0.6) is 0 Å². The largest absolute Gasteiger partial charge is 0.306 e. The summed E-state index contributed by atoms with van der Waals surface area (Å²) in [7, 11) is 0. The molecule has 112 valence electrons. The molecule has 0 radical (unpaired) electrons. The number of nitrogens with one attached hydrogen (secondary N) is 1. The molecule has 2 aromatic carbocycles. The zero-order valence-electron chi connectivity index (χ0n) is 11.7. The molecule has 0 saturated carbocycles. The standard InChI is InChI=1S/C16H15F4N/c1-3-21-16(11-5-4-10(17)7-14(11)19)12-6-9(2)13(18)8-15(12)20/h4-8,16,21H,3H2,1-2H3. The van der Waals surface area contributed by atoms with E-state index in [9.17, 15) is 17.6 Å². The molecule has 21 heavy (non-hydrogen) atoms. The minimum atomic E-state index is -0.810. The van der Waals surface area contributed by atoms with Gasteiger partial charge in [0.1, 0.15) is 23.3 Å². The van der Waals surface area contributed by atoms with Crippen LogP contribution in [0.4, 0.5) is 17.6 Å². The van der Waals surface area contributed by atoms with Crippen LogP contribution in [0.3, 0.4) is 0 Å². The highest BCUT2D eigenvalue weighted by atomic mass is 19.1. The Morgan fingerprint density at radius 3 is 2.19 bits per heavy atom. The summed E-state index contributed by atoms with van der Waals surface area (Å²) in [5, 5.41) is 2.94. The number of hydrogen-bond acceptors (Lipinski definition) is 1. The lowest BCUT2D eigenvalue weighted by molar-refractivity contribution is 0.514. The average molecular weight is 297 g/mol. The topological polar surface area (TPSA) is 12.0 Å². The Bertz CT molecular complexity index is 655. The second-order valence-corrected chi connectivity index (χ2v) is 4.78. The van der Waals surface area contributed by atoms with Crippen LogP contribution in [0.1, 0.15) is 29.7 Å². The predicted octanol–water partition coefficient (Wildman–Crippen LogP) is 4.25. The summed E-state index contributed by atoms with van der Waals surface area (Å²) in [6.07, 6.45) is 0. The van der Waals surface area contributed by atoms with Gasteiger partial charge in [0.05, 0.1) is 6.04 Å². The van der Waals surface area contributed by atoms with Gasteiger partial charge in [-0.15, -0.1) is 0 Å². The average Bonchev–Trinajstić information content (AvgIpc) is 2.41. The fourth-order valence-corrected chi connectivity index (χ4v) is 2.23. The van der Waals surface area contributed by atoms with Gasteiger partial charge in [-0.1, -0.05) is 13.0 Å². The van der Waals surface area contributed by atoms with E-state index >= 15 is 0 Å². The predicted molar refractivity (Wildman–Crippen MR) is 73.0 cm³/mol. The van der Waals surface area contributed by atoms with E-state index in [4.69, 9.17) is 0 Å². The molecule has 1 unspecified atom stereocenters. The molecule has 0 heterocycles. The van der Waals surface area contributed by atoms with Crippen molar-refractivity contribution in [1.82, 2.24) is 5.32 Å². The van der Waals surface area contributed by atoms with Gasteiger partial charge < -0.3 is 5.32 Å². The molecule has 1 N–H and O–H groups in total. The molecular weight excluding hydrogens is 282 g/mol. The van der Waals surface area contributed by atoms with Crippen LogP contribution in [-0.2, 0) is 0 Å². The highest BCUT2D eigenvalue weighted by Gasteiger charge is 2.22. The van der Waals surface area contributed by atoms with E-state index in [1.165, 1.54) is 19.1 Å². The van der Waals surface area contributed by atoms with Gasteiger partial charge >= 0.3 is 0 Å². The van der Waals surface area contributed by atoms with Crippen molar-refractivity contribution < 1.29 is 17.6 Å². The Kier molecular flexibility index (Phi) is 4.63. The second-order valence-electron chi connectivity index (χ2n) is 4.78. The molecule has 0 fully saturated rings. The third-order valence-corrected chi connectivity index (χ3v) is 3.27. The molecule has 0 bridgehead atoms. The maximum Gasteiger partial charge on any atom is 0.131 e. The van der Waals surface area contributed by atoms with Crippen molar-refractivity contribution in [2.45, 2.75) is 19.9 Å². The van der Waals surface area contributed by atoms with Crippen LogP contribution < -0.4 is 5.32 Å². The smallest absolute Gasteiger partial charge is 0.131 e. The summed E-state index contributed by atoms with van der Waals surface area (Å²) in [5.41, 5.74) is 0.501. The zero-order chi connectivity index (χ0) is 15.6. The van der Waals surface area contributed by atoms with Crippen molar-refractivity contribution in [3.8, 4) is 0 Å². The highest BCUT2D eigenvalue weighted by Crippen LogP contribution is 2.28. The maximum atomic E-state index is 14.0. The van der Waals surface area contributed by atoms with E-state index in [-0.39, 0.29) is 16.7 Å². The lowest BCUT2D eigenvalue weighted by atomic mass is 9.96. The summed E-state index contributed by atoms with van der Waals surface area (Å²) < 4.78 is 54.3. The van der Waals surface area contributed by atoms with Crippen molar-refractivity contribution in [2.75, 3.05) is 6.54 Å². The Labute approximate surface area is 120 Å². The maximum absolute atomic E-state index is 14.0. The van der Waals surface area contributed by atoms with Gasteiger partial charge in [-0.2, -0.15) is 0 Å². The molecule has 5 heteroatoms. The van der Waals surface area contributed by atoms with Gasteiger partial charge in [0.15, 0.2) is 0 Å². The second kappa shape index (κ2) is 6.26. The summed E-state index contributed by atoms with van der Waals surface area (Å²) in [6, 6.07) is 4.41. The van der Waals surface area contributed by atoms with Crippen LogP contribution in [0, 0.1) is 30.2 Å². The van der Waals surface area contributed by atoms with Crippen LogP contribution in [-0.4, -0.2) is 6.54 Å². The molecule has 2 rings (SSSR count). The summed E-state index contributed by atoms with van der Waals surface area (Å²) in [6.45, 7) is 3.72. The van der Waals surface area contributed by atoms with E-state index in [0.29, 0.717) is 6.54 Å². The van der Waals surface area contributed by atoms with Crippen LogP contribution in [0.25, 0.3) is 0 Å². The number of halogens is 4. The number of rotatable bonds is 4. The SMILES string of the molecule is CCNC(c1ccc(F)cc1F)c1cc(C)c(F)cc1F. The third-order valence-electron chi connectivity index (χ3n) is 3.27. The van der Waals surface area contributed by atoms with Gasteiger partial charge in [-0.05, 0) is 31.2 Å². The fourth-order valence-electron chi connectivity index (χ4n) is 2.23. The van der Waals surface area contributed by atoms with Gasteiger partial charge in [0.25, 0.3) is 0 Å². The molecule has 0 saturated heterocycles. The summed E-state index contributed by atoms with van der Waals surface area (Å²) >= 11 is 0. The van der Waals surface area contributed by atoms with Crippen LogP contribution in [0.15, 0.2) is 30.3 Å². The van der Waals surface area contributed by atoms with Crippen LogP contribution in [0.2, 0.25) is 0 Å². The highest BCUT2D eigenvalue weighted by molar-refractivity contribution is 5.36. The van der Waals surface area contributed by atoms with Crippen molar-refractivity contribution >= 4 is 0 Å². The van der Waals surface area contributed by atoms with Crippen molar-refractivity contribution in [1.29, 1.82) is 0 Å². The summed E-state index contributed by atoms with van der Waals surface area (Å²) in [5.74, 6) is -2.91. The normalized spacial score (nSPS) is 12.5. The first-order chi connectivity index (χ1) is 9.93. The van der Waals surface area contributed by atoms with E-state index in [1.54, 1.807) is 6.92 Å². The molecule has 0 spiro atoms. The Morgan fingerprint density at radius 1 is 0.905 bits per heavy atom. The Morgan fingerprint density at radius 2 is 1.57 bits per heavy atom. The number of aryl methyl sites for hydroxylation is 1. The fraction of sp³-hybridized carbons (Fsp3) is 0.250. The quantitative estimate of drug-likeness (QED) is 0.832. The molecule has 0 aliphatic carbocycles. The van der Waals surface area contributed by atoms with Gasteiger partial charge in [0.2, 0.25) is 0 Å².